The second-order valence-corrected chi connectivity index (χ2v) is 5.41. The van der Waals surface area contributed by atoms with Crippen molar-refractivity contribution in [3.05, 3.63) is 34.3 Å². The van der Waals surface area contributed by atoms with Gasteiger partial charge < -0.3 is 0 Å². The highest BCUT2D eigenvalue weighted by Crippen LogP contribution is 2.36. The van der Waals surface area contributed by atoms with E-state index >= 15 is 0 Å². The smallest absolute Gasteiger partial charge is 0.159 e. The molecule has 0 bridgehead atoms. The first kappa shape index (κ1) is 11.0. The van der Waals surface area contributed by atoms with Gasteiger partial charge in [-0.2, -0.15) is 11.8 Å². The quantitative estimate of drug-likeness (QED) is 0.733. The van der Waals surface area contributed by atoms with Gasteiger partial charge in [0.1, 0.15) is 0 Å². The van der Waals surface area contributed by atoms with E-state index in [4.69, 9.17) is 11.6 Å². The van der Waals surface area contributed by atoms with Crippen LogP contribution in [0.1, 0.15) is 35.2 Å². The van der Waals surface area contributed by atoms with Crippen LogP contribution in [0.5, 0.6) is 0 Å². The van der Waals surface area contributed by atoms with E-state index in [9.17, 15) is 4.79 Å². The van der Waals surface area contributed by atoms with Crippen LogP contribution in [0.25, 0.3) is 0 Å². The summed E-state index contributed by atoms with van der Waals surface area (Å²) in [4.78, 5) is 11.2. The van der Waals surface area contributed by atoms with E-state index in [1.54, 1.807) is 13.0 Å². The number of benzene rings is 1. The minimum Gasteiger partial charge on any atom is -0.295 e. The van der Waals surface area contributed by atoms with Crippen molar-refractivity contribution in [3.63, 3.8) is 0 Å². The zero-order valence-corrected chi connectivity index (χ0v) is 10.2. The van der Waals surface area contributed by atoms with E-state index in [1.165, 1.54) is 17.7 Å². The first-order valence-corrected chi connectivity index (χ1v) is 6.60. The number of rotatable bonds is 2. The fourth-order valence-corrected chi connectivity index (χ4v) is 3.44. The van der Waals surface area contributed by atoms with Crippen molar-refractivity contribution < 1.29 is 4.79 Å². The molecule has 0 spiro atoms. The van der Waals surface area contributed by atoms with Crippen molar-refractivity contribution in [2.24, 2.45) is 0 Å². The largest absolute Gasteiger partial charge is 0.295 e. The molecule has 2 rings (SSSR count). The van der Waals surface area contributed by atoms with E-state index in [0.717, 1.165) is 10.8 Å². The fourth-order valence-electron chi connectivity index (χ4n) is 1.86. The molecule has 1 aromatic rings. The zero-order valence-electron chi connectivity index (χ0n) is 8.63. The van der Waals surface area contributed by atoms with Crippen molar-refractivity contribution in [1.82, 2.24) is 0 Å². The Labute approximate surface area is 99.2 Å². The summed E-state index contributed by atoms with van der Waals surface area (Å²) < 4.78 is 0. The molecule has 0 aliphatic carbocycles. The Balaban J connectivity index is 2.29. The normalized spacial score (nSPS) is 20.5. The van der Waals surface area contributed by atoms with Gasteiger partial charge in [-0.05, 0) is 36.6 Å². The molecule has 1 aliphatic heterocycles. The van der Waals surface area contributed by atoms with Gasteiger partial charge in [-0.15, -0.1) is 0 Å². The van der Waals surface area contributed by atoms with E-state index in [1.807, 2.05) is 23.9 Å². The van der Waals surface area contributed by atoms with Gasteiger partial charge in [0.15, 0.2) is 5.78 Å². The maximum atomic E-state index is 11.2. The standard InChI is InChI=1S/C12H13ClOS/c1-8(14)9-2-3-11(12(13)6-9)10-4-5-15-7-10/h2-3,6,10H,4-5,7H2,1H3. The minimum absolute atomic E-state index is 0.0734. The van der Waals surface area contributed by atoms with Crippen molar-refractivity contribution in [2.75, 3.05) is 11.5 Å². The van der Waals surface area contributed by atoms with Gasteiger partial charge in [-0.3, -0.25) is 4.79 Å². The second kappa shape index (κ2) is 4.58. The van der Waals surface area contributed by atoms with Crippen LogP contribution in [0.4, 0.5) is 0 Å². The van der Waals surface area contributed by atoms with Crippen molar-refractivity contribution in [2.45, 2.75) is 19.3 Å². The predicted molar refractivity (Wildman–Crippen MR) is 66.1 cm³/mol. The van der Waals surface area contributed by atoms with Gasteiger partial charge in [-0.25, -0.2) is 0 Å². The molecule has 1 aliphatic rings. The Kier molecular flexibility index (Phi) is 3.37. The fraction of sp³-hybridized carbons (Fsp3) is 0.417. The number of halogens is 1. The molecular weight excluding hydrogens is 228 g/mol. The summed E-state index contributed by atoms with van der Waals surface area (Å²) in [7, 11) is 0. The van der Waals surface area contributed by atoms with Crippen LogP contribution in [0.3, 0.4) is 0 Å². The zero-order chi connectivity index (χ0) is 10.8. The Morgan fingerprint density at radius 1 is 1.53 bits per heavy atom. The highest BCUT2D eigenvalue weighted by atomic mass is 35.5. The molecule has 1 saturated heterocycles. The second-order valence-electron chi connectivity index (χ2n) is 3.85. The van der Waals surface area contributed by atoms with Crippen LogP contribution in [0.15, 0.2) is 18.2 Å². The Bertz CT molecular complexity index is 383. The van der Waals surface area contributed by atoms with Crippen LogP contribution in [0.2, 0.25) is 5.02 Å². The van der Waals surface area contributed by atoms with Gasteiger partial charge in [0.25, 0.3) is 0 Å². The Hall–Kier alpha value is -0.470. The molecule has 0 radical (unpaired) electrons. The molecule has 1 aromatic carbocycles. The molecule has 15 heavy (non-hydrogen) atoms. The van der Waals surface area contributed by atoms with E-state index in [-0.39, 0.29) is 5.78 Å². The first-order chi connectivity index (χ1) is 7.18. The van der Waals surface area contributed by atoms with E-state index < -0.39 is 0 Å². The molecular formula is C12H13ClOS. The molecule has 0 aromatic heterocycles. The number of hydrogen-bond acceptors (Lipinski definition) is 2. The average molecular weight is 241 g/mol. The lowest BCUT2D eigenvalue weighted by Gasteiger charge is -2.11. The van der Waals surface area contributed by atoms with Gasteiger partial charge in [0.05, 0.1) is 0 Å². The highest BCUT2D eigenvalue weighted by Gasteiger charge is 2.20. The lowest BCUT2D eigenvalue weighted by atomic mass is 9.97. The van der Waals surface area contributed by atoms with Crippen LogP contribution < -0.4 is 0 Å². The summed E-state index contributed by atoms with van der Waals surface area (Å²) in [5.41, 5.74) is 1.90. The third-order valence-electron chi connectivity index (χ3n) is 2.78. The van der Waals surface area contributed by atoms with Crippen molar-refractivity contribution in [1.29, 1.82) is 0 Å². The summed E-state index contributed by atoms with van der Waals surface area (Å²) in [6, 6.07) is 5.68. The lowest BCUT2D eigenvalue weighted by molar-refractivity contribution is 0.101. The van der Waals surface area contributed by atoms with E-state index in [0.29, 0.717) is 11.5 Å². The SMILES string of the molecule is CC(=O)c1ccc(C2CCSC2)c(Cl)c1. The number of carbonyl (C=O) groups is 1. The summed E-state index contributed by atoms with van der Waals surface area (Å²) in [5.74, 6) is 3.02. The number of thioether (sulfide) groups is 1. The molecule has 1 heterocycles. The highest BCUT2D eigenvalue weighted by molar-refractivity contribution is 7.99. The molecule has 0 amide bonds. The number of hydrogen-bond donors (Lipinski definition) is 0. The summed E-state index contributed by atoms with van der Waals surface area (Å²) in [6.45, 7) is 1.57. The molecule has 80 valence electrons. The van der Waals surface area contributed by atoms with Gasteiger partial charge >= 0.3 is 0 Å². The first-order valence-electron chi connectivity index (χ1n) is 5.06. The van der Waals surface area contributed by atoms with Crippen LogP contribution >= 0.6 is 23.4 Å². The summed E-state index contributed by atoms with van der Waals surface area (Å²) in [6.07, 6.45) is 1.20. The molecule has 3 heteroatoms. The van der Waals surface area contributed by atoms with Gasteiger partial charge in [0, 0.05) is 16.3 Å². The number of Topliss-reactive ketones (excluding diaryl/α,β-unsaturated/α-hetero) is 1. The maximum Gasteiger partial charge on any atom is 0.159 e. The van der Waals surface area contributed by atoms with Crippen molar-refractivity contribution in [3.8, 4) is 0 Å². The average Bonchev–Trinajstić information content (AvgIpc) is 2.70. The lowest BCUT2D eigenvalue weighted by Crippen LogP contribution is -1.99. The van der Waals surface area contributed by atoms with Gasteiger partial charge in [0.2, 0.25) is 0 Å². The topological polar surface area (TPSA) is 17.1 Å². The van der Waals surface area contributed by atoms with Crippen LogP contribution in [0, 0.1) is 0 Å². The summed E-state index contributed by atoms with van der Waals surface area (Å²) in [5, 5.41) is 0.746. The molecule has 1 fully saturated rings. The number of carbonyl (C=O) groups excluding carboxylic acids is 1. The Morgan fingerprint density at radius 3 is 2.87 bits per heavy atom. The van der Waals surface area contributed by atoms with E-state index in [2.05, 4.69) is 0 Å². The maximum absolute atomic E-state index is 11.2. The molecule has 0 N–H and O–H groups in total. The third kappa shape index (κ3) is 2.37. The summed E-state index contributed by atoms with van der Waals surface area (Å²) >= 11 is 8.16. The molecule has 0 saturated carbocycles. The minimum atomic E-state index is 0.0734. The third-order valence-corrected chi connectivity index (χ3v) is 4.27. The Morgan fingerprint density at radius 2 is 2.33 bits per heavy atom. The molecule has 1 nitrogen and oxygen atoms in total. The monoisotopic (exact) mass is 240 g/mol. The van der Waals surface area contributed by atoms with Gasteiger partial charge in [-0.1, -0.05) is 23.7 Å². The predicted octanol–water partition coefficient (Wildman–Crippen LogP) is 3.76. The van der Waals surface area contributed by atoms with Crippen LogP contribution in [-0.2, 0) is 0 Å². The number of ketones is 1. The van der Waals surface area contributed by atoms with Crippen molar-refractivity contribution >= 4 is 29.1 Å². The molecule has 1 unspecified atom stereocenters. The van der Waals surface area contributed by atoms with Crippen LogP contribution in [-0.4, -0.2) is 17.3 Å². The molecule has 1 atom stereocenters.